The van der Waals surface area contributed by atoms with Crippen LogP contribution in [-0.2, 0) is 0 Å². The lowest BCUT2D eigenvalue weighted by atomic mass is 9.88. The van der Waals surface area contributed by atoms with Crippen molar-refractivity contribution in [2.75, 3.05) is 36.5 Å². The van der Waals surface area contributed by atoms with Crippen LogP contribution in [0.2, 0.25) is 0 Å². The number of aryl methyl sites for hydroxylation is 1. The van der Waals surface area contributed by atoms with Crippen LogP contribution >= 0.6 is 0 Å². The number of benzene rings is 1. The summed E-state index contributed by atoms with van der Waals surface area (Å²) in [6.45, 7) is 5.15. The van der Waals surface area contributed by atoms with Gasteiger partial charge in [0.05, 0.1) is 22.7 Å². The lowest BCUT2D eigenvalue weighted by molar-refractivity contribution is 0.146. The summed E-state index contributed by atoms with van der Waals surface area (Å²) in [7, 11) is 2.10. The van der Waals surface area contributed by atoms with Crippen molar-refractivity contribution in [3.8, 4) is 0 Å². The Bertz CT molecular complexity index is 1250. The average molecular weight is 458 g/mol. The van der Waals surface area contributed by atoms with E-state index < -0.39 is 23.7 Å². The van der Waals surface area contributed by atoms with Gasteiger partial charge in [0.1, 0.15) is 23.3 Å². The fraction of sp³-hybridized carbons (Fsp3) is 0.435. The number of likely N-dealkylation sites (N-methyl/N-ethyl adjacent to an activating group) is 1. The number of nitrogens with two attached hydrogens (primary N) is 2. The zero-order chi connectivity index (χ0) is 23.6. The highest BCUT2D eigenvalue weighted by Crippen LogP contribution is 2.43. The smallest absolute Gasteiger partial charge is 0.266 e. The Hall–Kier alpha value is -3.14. The van der Waals surface area contributed by atoms with Crippen molar-refractivity contribution in [3.63, 3.8) is 0 Å². The zero-order valence-electron chi connectivity index (χ0n) is 18.7. The predicted molar refractivity (Wildman–Crippen MR) is 122 cm³/mol. The second-order valence-corrected chi connectivity index (χ2v) is 9.08. The molecule has 2 aliphatic rings. The molecule has 33 heavy (non-hydrogen) atoms. The maximum absolute atomic E-state index is 15.3. The number of halogens is 3. The predicted octanol–water partition coefficient (Wildman–Crippen LogP) is 3.62. The van der Waals surface area contributed by atoms with Crippen LogP contribution in [0.15, 0.2) is 18.3 Å². The Morgan fingerprint density at radius 1 is 1.09 bits per heavy atom. The van der Waals surface area contributed by atoms with Crippen LogP contribution in [0.3, 0.4) is 0 Å². The summed E-state index contributed by atoms with van der Waals surface area (Å²) in [5, 5.41) is 0.564. The number of piperazine rings is 1. The summed E-state index contributed by atoms with van der Waals surface area (Å²) >= 11 is 0. The molecule has 0 saturated carbocycles. The van der Waals surface area contributed by atoms with Gasteiger partial charge in [-0.25, -0.2) is 28.1 Å². The van der Waals surface area contributed by atoms with E-state index in [1.54, 1.807) is 20.0 Å². The van der Waals surface area contributed by atoms with Gasteiger partial charge in [-0.15, -0.1) is 0 Å². The first-order valence-electron chi connectivity index (χ1n) is 10.9. The molecular weight excluding hydrogens is 431 g/mol. The molecule has 5 rings (SSSR count). The zero-order valence-corrected chi connectivity index (χ0v) is 18.7. The van der Waals surface area contributed by atoms with E-state index in [2.05, 4.69) is 26.8 Å². The topological polar surface area (TPSA) is 97.2 Å². The number of fused-ring (bicyclic) bond motifs is 3. The molecule has 1 aromatic carbocycles. The number of alkyl halides is 2. The first-order chi connectivity index (χ1) is 15.7. The van der Waals surface area contributed by atoms with Crippen molar-refractivity contribution in [1.29, 1.82) is 0 Å². The Kier molecular flexibility index (Phi) is 5.08. The van der Waals surface area contributed by atoms with Crippen molar-refractivity contribution >= 4 is 28.2 Å². The summed E-state index contributed by atoms with van der Waals surface area (Å²) in [6.07, 6.45) is -0.320. The van der Waals surface area contributed by atoms with Crippen LogP contribution in [0.25, 0.3) is 10.9 Å². The second kappa shape index (κ2) is 7.72. The highest BCUT2D eigenvalue weighted by atomic mass is 19.3. The summed E-state index contributed by atoms with van der Waals surface area (Å²) < 4.78 is 42.3. The summed E-state index contributed by atoms with van der Waals surface area (Å²) in [5.41, 5.74) is 12.8. The average Bonchev–Trinajstić information content (AvgIpc) is 3.33. The Morgan fingerprint density at radius 2 is 1.82 bits per heavy atom. The molecule has 2 fully saturated rings. The van der Waals surface area contributed by atoms with E-state index in [0.717, 1.165) is 25.6 Å². The lowest BCUT2D eigenvalue weighted by Gasteiger charge is -2.35. The number of rotatable bonds is 4. The number of anilines is 3. The SMILES string of the molecule is Cc1nc(N)c2c([C@@H](C)c3cc(N)cc(C(F)F)c3F)c(N3C[C@@H]4C[C@H]3CN4C)ncc2n1. The highest BCUT2D eigenvalue weighted by Gasteiger charge is 2.43. The summed E-state index contributed by atoms with van der Waals surface area (Å²) in [4.78, 5) is 18.1. The van der Waals surface area contributed by atoms with E-state index in [1.807, 2.05) is 0 Å². The third-order valence-corrected chi connectivity index (χ3v) is 6.97. The van der Waals surface area contributed by atoms with Gasteiger partial charge in [0.15, 0.2) is 0 Å². The maximum Gasteiger partial charge on any atom is 0.266 e. The van der Waals surface area contributed by atoms with Gasteiger partial charge in [-0.05, 0) is 38.1 Å². The van der Waals surface area contributed by atoms with Gasteiger partial charge >= 0.3 is 0 Å². The molecule has 0 amide bonds. The first kappa shape index (κ1) is 21.7. The van der Waals surface area contributed by atoms with Crippen LogP contribution in [0, 0.1) is 12.7 Å². The number of hydrogen-bond acceptors (Lipinski definition) is 7. The molecule has 0 aliphatic carbocycles. The number of likely N-dealkylation sites (tertiary alicyclic amines) is 1. The summed E-state index contributed by atoms with van der Waals surface area (Å²) in [6, 6.07) is 3.04. The number of nitrogens with zero attached hydrogens (tertiary/aromatic N) is 5. The van der Waals surface area contributed by atoms with E-state index in [-0.39, 0.29) is 23.1 Å². The molecular formula is C23H26F3N7. The van der Waals surface area contributed by atoms with Crippen molar-refractivity contribution in [2.45, 2.75) is 44.7 Å². The molecule has 4 N–H and O–H groups in total. The minimum Gasteiger partial charge on any atom is -0.399 e. The van der Waals surface area contributed by atoms with Gasteiger partial charge in [0.25, 0.3) is 6.43 Å². The Morgan fingerprint density at radius 3 is 2.45 bits per heavy atom. The van der Waals surface area contributed by atoms with Crippen LogP contribution in [0.5, 0.6) is 0 Å². The Labute approximate surface area is 189 Å². The van der Waals surface area contributed by atoms with Crippen LogP contribution in [-0.4, -0.2) is 52.1 Å². The van der Waals surface area contributed by atoms with Crippen LogP contribution in [0.1, 0.15) is 48.2 Å². The van der Waals surface area contributed by atoms with E-state index in [1.165, 1.54) is 6.07 Å². The number of hydrogen-bond donors (Lipinski definition) is 2. The van der Waals surface area contributed by atoms with E-state index in [9.17, 15) is 8.78 Å². The molecule has 2 aromatic heterocycles. The minimum atomic E-state index is -2.98. The van der Waals surface area contributed by atoms with E-state index in [4.69, 9.17) is 16.5 Å². The normalized spacial score (nSPS) is 21.5. The van der Waals surface area contributed by atoms with E-state index >= 15 is 4.39 Å². The molecule has 2 bridgehead atoms. The summed E-state index contributed by atoms with van der Waals surface area (Å²) in [5.74, 6) is -0.227. The van der Waals surface area contributed by atoms with Crippen molar-refractivity contribution in [2.24, 2.45) is 0 Å². The van der Waals surface area contributed by atoms with Crippen LogP contribution in [0.4, 0.5) is 30.5 Å². The fourth-order valence-corrected chi connectivity index (χ4v) is 5.38. The van der Waals surface area contributed by atoms with Gasteiger partial charge in [-0.1, -0.05) is 6.92 Å². The molecule has 0 radical (unpaired) electrons. The van der Waals surface area contributed by atoms with Gasteiger partial charge in [-0.2, -0.15) is 0 Å². The molecule has 7 nitrogen and oxygen atoms in total. The second-order valence-electron chi connectivity index (χ2n) is 9.08. The number of pyridine rings is 1. The van der Waals surface area contributed by atoms with Crippen molar-refractivity contribution in [3.05, 3.63) is 46.7 Å². The standard InChI is InChI=1S/C23H26F3N7/c1-10(15-4-12(27)5-16(20(15)24)21(25)26)18-19-17(30-11(2)31-22(19)28)7-29-23(18)33-9-13-6-14(33)8-32(13)3/h4-5,7,10,13-14,21H,6,8-9,27H2,1-3H3,(H2,28,30,31)/t10-,13-,14-/m0/s1. The third kappa shape index (κ3) is 3.43. The minimum absolute atomic E-state index is 0.0716. The number of nitrogen functional groups attached to an aromatic ring is 2. The fourth-order valence-electron chi connectivity index (χ4n) is 5.38. The quantitative estimate of drug-likeness (QED) is 0.578. The van der Waals surface area contributed by atoms with Crippen molar-refractivity contribution in [1.82, 2.24) is 19.9 Å². The van der Waals surface area contributed by atoms with Gasteiger partial charge in [0.2, 0.25) is 0 Å². The number of aromatic nitrogens is 3. The lowest BCUT2D eigenvalue weighted by Crippen LogP contribution is -2.45. The molecule has 0 unspecified atom stereocenters. The molecule has 3 atom stereocenters. The van der Waals surface area contributed by atoms with E-state index in [0.29, 0.717) is 34.2 Å². The van der Waals surface area contributed by atoms with Crippen LogP contribution < -0.4 is 16.4 Å². The largest absolute Gasteiger partial charge is 0.399 e. The molecule has 2 saturated heterocycles. The molecule has 2 aliphatic heterocycles. The Balaban J connectivity index is 1.74. The van der Waals surface area contributed by atoms with Gasteiger partial charge in [-0.3, -0.25) is 4.90 Å². The first-order valence-corrected chi connectivity index (χ1v) is 10.9. The molecule has 0 spiro atoms. The van der Waals surface area contributed by atoms with Gasteiger partial charge in [0, 0.05) is 42.3 Å². The molecule has 10 heteroatoms. The molecule has 4 heterocycles. The third-order valence-electron chi connectivity index (χ3n) is 6.97. The van der Waals surface area contributed by atoms with Gasteiger partial charge < -0.3 is 16.4 Å². The monoisotopic (exact) mass is 457 g/mol. The van der Waals surface area contributed by atoms with Crippen molar-refractivity contribution < 1.29 is 13.2 Å². The molecule has 3 aromatic rings. The maximum atomic E-state index is 15.3. The molecule has 174 valence electrons. The highest BCUT2D eigenvalue weighted by molar-refractivity contribution is 5.94.